The van der Waals surface area contributed by atoms with Crippen LogP contribution < -0.4 is 5.32 Å². The van der Waals surface area contributed by atoms with E-state index in [9.17, 15) is 18.4 Å². The van der Waals surface area contributed by atoms with Gasteiger partial charge in [-0.1, -0.05) is 0 Å². The summed E-state index contributed by atoms with van der Waals surface area (Å²) in [4.78, 5) is 22.8. The largest absolute Gasteiger partial charge is 0.478 e. The van der Waals surface area contributed by atoms with Crippen LogP contribution in [0.1, 0.15) is 26.5 Å². The lowest BCUT2D eigenvalue weighted by molar-refractivity contribution is 0.0690. The summed E-state index contributed by atoms with van der Waals surface area (Å²) < 4.78 is 31.1. The molecular formula is C13H9F2NO4. The molecule has 0 atom stereocenters. The molecule has 1 heterocycles. The number of halogens is 2. The second-order valence-electron chi connectivity index (χ2n) is 3.88. The average molecular weight is 281 g/mol. The van der Waals surface area contributed by atoms with Crippen molar-refractivity contribution in [3.63, 3.8) is 0 Å². The van der Waals surface area contributed by atoms with E-state index < -0.39 is 34.6 Å². The first-order chi connectivity index (χ1) is 9.49. The minimum atomic E-state index is -1.52. The molecule has 0 saturated heterocycles. The highest BCUT2D eigenvalue weighted by Crippen LogP contribution is 2.15. The van der Waals surface area contributed by atoms with Crippen LogP contribution in [0.4, 0.5) is 8.78 Å². The summed E-state index contributed by atoms with van der Waals surface area (Å²) in [7, 11) is 0. The number of carbonyl (C=O) groups excluding carboxylic acids is 1. The summed E-state index contributed by atoms with van der Waals surface area (Å²) in [6.07, 6.45) is 1.40. The van der Waals surface area contributed by atoms with Gasteiger partial charge in [0.1, 0.15) is 5.76 Å². The van der Waals surface area contributed by atoms with Crippen LogP contribution >= 0.6 is 0 Å². The number of carbonyl (C=O) groups is 2. The molecule has 0 aliphatic heterocycles. The van der Waals surface area contributed by atoms with Gasteiger partial charge in [0.15, 0.2) is 11.6 Å². The van der Waals surface area contributed by atoms with Crippen LogP contribution in [-0.2, 0) is 6.54 Å². The van der Waals surface area contributed by atoms with Gasteiger partial charge >= 0.3 is 5.97 Å². The molecular weight excluding hydrogens is 272 g/mol. The van der Waals surface area contributed by atoms with E-state index in [4.69, 9.17) is 9.52 Å². The fourth-order valence-corrected chi connectivity index (χ4v) is 1.59. The third-order valence-electron chi connectivity index (χ3n) is 2.54. The van der Waals surface area contributed by atoms with Crippen LogP contribution in [0, 0.1) is 11.6 Å². The molecule has 0 radical (unpaired) electrons. The fraction of sp³-hybridized carbons (Fsp3) is 0.0769. The van der Waals surface area contributed by atoms with Crippen molar-refractivity contribution in [3.8, 4) is 0 Å². The third-order valence-corrected chi connectivity index (χ3v) is 2.54. The quantitative estimate of drug-likeness (QED) is 0.900. The molecule has 0 aliphatic carbocycles. The van der Waals surface area contributed by atoms with Gasteiger partial charge in [-0.05, 0) is 24.3 Å². The molecule has 2 aromatic rings. The molecule has 104 valence electrons. The molecule has 0 aliphatic rings. The Morgan fingerprint density at radius 1 is 1.20 bits per heavy atom. The second kappa shape index (κ2) is 5.52. The number of amides is 1. The van der Waals surface area contributed by atoms with Crippen LogP contribution in [0.15, 0.2) is 34.9 Å². The first kappa shape index (κ1) is 13.7. The molecule has 2 rings (SSSR count). The van der Waals surface area contributed by atoms with Crippen LogP contribution in [0.25, 0.3) is 0 Å². The van der Waals surface area contributed by atoms with Gasteiger partial charge in [0.2, 0.25) is 0 Å². The van der Waals surface area contributed by atoms with Gasteiger partial charge in [-0.2, -0.15) is 0 Å². The number of rotatable bonds is 4. The maximum atomic E-state index is 13.1. The third kappa shape index (κ3) is 2.82. The molecule has 1 amide bonds. The highest BCUT2D eigenvalue weighted by molar-refractivity contribution is 6.04. The van der Waals surface area contributed by atoms with Crippen molar-refractivity contribution < 1.29 is 27.9 Å². The molecule has 0 bridgehead atoms. The van der Waals surface area contributed by atoms with Crippen LogP contribution in [0.3, 0.4) is 0 Å². The van der Waals surface area contributed by atoms with Gasteiger partial charge in [-0.15, -0.1) is 0 Å². The number of furan rings is 1. The smallest absolute Gasteiger partial charge is 0.336 e. The van der Waals surface area contributed by atoms with E-state index in [2.05, 4.69) is 5.32 Å². The standard InChI is InChI=1S/C13H9F2NO4/c14-10-4-8(9(13(18)19)5-11(10)15)12(17)16-6-7-2-1-3-20-7/h1-5H,6H2,(H,16,17)(H,18,19). The van der Waals surface area contributed by atoms with E-state index >= 15 is 0 Å². The van der Waals surface area contributed by atoms with Crippen LogP contribution in [0.5, 0.6) is 0 Å². The Balaban J connectivity index is 2.24. The number of aromatic carboxylic acids is 1. The molecule has 1 aromatic carbocycles. The Hall–Kier alpha value is -2.70. The minimum Gasteiger partial charge on any atom is -0.478 e. The number of benzene rings is 1. The summed E-state index contributed by atoms with van der Waals surface area (Å²) >= 11 is 0. The highest BCUT2D eigenvalue weighted by Gasteiger charge is 2.20. The summed E-state index contributed by atoms with van der Waals surface area (Å²) in [6, 6.07) is 4.24. The van der Waals surface area contributed by atoms with E-state index in [-0.39, 0.29) is 6.54 Å². The van der Waals surface area contributed by atoms with Crippen molar-refractivity contribution in [1.29, 1.82) is 0 Å². The van der Waals surface area contributed by atoms with E-state index in [1.165, 1.54) is 6.26 Å². The summed E-state index contributed by atoms with van der Waals surface area (Å²) in [5, 5.41) is 11.3. The van der Waals surface area contributed by atoms with E-state index in [1.54, 1.807) is 12.1 Å². The predicted molar refractivity (Wildman–Crippen MR) is 63.2 cm³/mol. The first-order valence-electron chi connectivity index (χ1n) is 5.52. The Bertz CT molecular complexity index is 653. The number of hydrogen-bond donors (Lipinski definition) is 2. The first-order valence-corrected chi connectivity index (χ1v) is 5.52. The van der Waals surface area contributed by atoms with Gasteiger partial charge in [0.25, 0.3) is 5.91 Å². The van der Waals surface area contributed by atoms with Crippen LogP contribution in [-0.4, -0.2) is 17.0 Å². The van der Waals surface area contributed by atoms with Gasteiger partial charge in [0.05, 0.1) is 23.9 Å². The lowest BCUT2D eigenvalue weighted by atomic mass is 10.1. The summed E-state index contributed by atoms with van der Waals surface area (Å²) in [6.45, 7) is 0.00386. The zero-order valence-corrected chi connectivity index (χ0v) is 10.0. The predicted octanol–water partition coefficient (Wildman–Crippen LogP) is 2.19. The Labute approximate surface area is 111 Å². The van der Waals surface area contributed by atoms with Crippen molar-refractivity contribution in [2.45, 2.75) is 6.54 Å². The number of hydrogen-bond acceptors (Lipinski definition) is 3. The Kier molecular flexibility index (Phi) is 3.79. The highest BCUT2D eigenvalue weighted by atomic mass is 19.2. The molecule has 0 saturated carbocycles. The molecule has 7 heteroatoms. The van der Waals surface area contributed by atoms with Crippen molar-refractivity contribution in [2.75, 3.05) is 0 Å². The van der Waals surface area contributed by atoms with Crippen molar-refractivity contribution in [2.24, 2.45) is 0 Å². The van der Waals surface area contributed by atoms with Gasteiger partial charge < -0.3 is 14.8 Å². The normalized spacial score (nSPS) is 10.3. The SMILES string of the molecule is O=C(O)c1cc(F)c(F)cc1C(=O)NCc1ccco1. The lowest BCUT2D eigenvalue weighted by Crippen LogP contribution is -2.25. The molecule has 1 aromatic heterocycles. The second-order valence-corrected chi connectivity index (χ2v) is 3.88. The number of carboxylic acids is 1. The van der Waals surface area contributed by atoms with Crippen molar-refractivity contribution >= 4 is 11.9 Å². The maximum absolute atomic E-state index is 13.1. The van der Waals surface area contributed by atoms with Gasteiger partial charge in [-0.3, -0.25) is 4.79 Å². The molecule has 0 unspecified atom stereocenters. The molecule has 5 nitrogen and oxygen atoms in total. The maximum Gasteiger partial charge on any atom is 0.336 e. The summed E-state index contributed by atoms with van der Waals surface area (Å²) in [5.41, 5.74) is -1.07. The lowest BCUT2D eigenvalue weighted by Gasteiger charge is -2.07. The topological polar surface area (TPSA) is 79.5 Å². The molecule has 2 N–H and O–H groups in total. The summed E-state index contributed by atoms with van der Waals surface area (Å²) in [5.74, 6) is -4.54. The Morgan fingerprint density at radius 2 is 1.85 bits per heavy atom. The Morgan fingerprint density at radius 3 is 2.40 bits per heavy atom. The average Bonchev–Trinajstić information content (AvgIpc) is 2.91. The minimum absolute atomic E-state index is 0.00386. The zero-order valence-electron chi connectivity index (χ0n) is 10.0. The molecule has 0 spiro atoms. The van der Waals surface area contributed by atoms with Gasteiger partial charge in [0, 0.05) is 0 Å². The monoisotopic (exact) mass is 281 g/mol. The van der Waals surface area contributed by atoms with E-state index in [0.29, 0.717) is 17.9 Å². The van der Waals surface area contributed by atoms with Gasteiger partial charge in [-0.25, -0.2) is 13.6 Å². The van der Waals surface area contributed by atoms with Crippen molar-refractivity contribution in [3.05, 3.63) is 59.1 Å². The van der Waals surface area contributed by atoms with E-state index in [1.807, 2.05) is 0 Å². The fourth-order valence-electron chi connectivity index (χ4n) is 1.59. The van der Waals surface area contributed by atoms with Crippen LogP contribution in [0.2, 0.25) is 0 Å². The molecule has 0 fully saturated rings. The number of nitrogens with one attached hydrogen (secondary N) is 1. The zero-order chi connectivity index (χ0) is 14.7. The number of carboxylic acid groups (broad SMARTS) is 1. The van der Waals surface area contributed by atoms with Crippen molar-refractivity contribution in [1.82, 2.24) is 5.32 Å². The van der Waals surface area contributed by atoms with E-state index in [0.717, 1.165) is 0 Å². The molecule has 20 heavy (non-hydrogen) atoms.